The minimum absolute atomic E-state index is 0.436. The molecule has 25 heavy (non-hydrogen) atoms. The van der Waals surface area contributed by atoms with E-state index in [1.54, 1.807) is 20.3 Å². The van der Waals surface area contributed by atoms with E-state index in [-0.39, 0.29) is 0 Å². The topological polar surface area (TPSA) is 39.7 Å². The molecule has 0 aliphatic heterocycles. The molecule has 0 spiro atoms. The fraction of sp³-hybridized carbons (Fsp3) is 0.300. The predicted molar refractivity (Wildman–Crippen MR) is 105 cm³/mol. The number of ether oxygens (including phenoxy) is 3. The standard InChI is InChI=1S/C20H24BrNO3/c1-4-11-25-20-17(21)12-15(13-19(20)24-3)14-22-10-9-16-7-5-6-8-18(16)23-2/h4-8,12-13,22H,1,9-11,14H2,2-3H3. The van der Waals surface area contributed by atoms with Gasteiger partial charge in [0, 0.05) is 6.54 Å². The van der Waals surface area contributed by atoms with Crippen molar-refractivity contribution in [3.8, 4) is 17.2 Å². The van der Waals surface area contributed by atoms with Gasteiger partial charge in [-0.1, -0.05) is 30.9 Å². The molecule has 0 aliphatic carbocycles. The van der Waals surface area contributed by atoms with E-state index >= 15 is 0 Å². The first kappa shape index (κ1) is 19.3. The zero-order valence-electron chi connectivity index (χ0n) is 14.7. The number of hydrogen-bond donors (Lipinski definition) is 1. The van der Waals surface area contributed by atoms with Crippen molar-refractivity contribution in [1.82, 2.24) is 5.32 Å². The predicted octanol–water partition coefficient (Wildman–Crippen LogP) is 4.36. The number of hydrogen-bond acceptors (Lipinski definition) is 4. The van der Waals surface area contributed by atoms with Crippen LogP contribution in [0.1, 0.15) is 11.1 Å². The van der Waals surface area contributed by atoms with Gasteiger partial charge in [-0.3, -0.25) is 0 Å². The molecule has 0 unspecified atom stereocenters. The fourth-order valence-electron chi connectivity index (χ4n) is 2.52. The molecule has 0 aromatic heterocycles. The van der Waals surface area contributed by atoms with E-state index in [9.17, 15) is 0 Å². The van der Waals surface area contributed by atoms with E-state index in [0.717, 1.165) is 35.3 Å². The summed E-state index contributed by atoms with van der Waals surface area (Å²) in [5, 5.41) is 3.45. The molecule has 2 rings (SSSR count). The lowest BCUT2D eigenvalue weighted by Crippen LogP contribution is -2.17. The average molecular weight is 406 g/mol. The van der Waals surface area contributed by atoms with Crippen LogP contribution in [0.25, 0.3) is 0 Å². The lowest BCUT2D eigenvalue weighted by Gasteiger charge is -2.14. The van der Waals surface area contributed by atoms with Crippen LogP contribution >= 0.6 is 15.9 Å². The minimum Gasteiger partial charge on any atom is -0.496 e. The monoisotopic (exact) mass is 405 g/mol. The Morgan fingerprint density at radius 3 is 2.60 bits per heavy atom. The van der Waals surface area contributed by atoms with Crippen LogP contribution in [0.3, 0.4) is 0 Å². The molecule has 0 fully saturated rings. The van der Waals surface area contributed by atoms with Crippen molar-refractivity contribution in [2.45, 2.75) is 13.0 Å². The second kappa shape index (κ2) is 10.1. The normalized spacial score (nSPS) is 10.4. The van der Waals surface area contributed by atoms with Gasteiger partial charge in [-0.25, -0.2) is 0 Å². The lowest BCUT2D eigenvalue weighted by atomic mass is 10.1. The Morgan fingerprint density at radius 1 is 1.12 bits per heavy atom. The molecule has 0 radical (unpaired) electrons. The van der Waals surface area contributed by atoms with E-state index < -0.39 is 0 Å². The van der Waals surface area contributed by atoms with Crippen molar-refractivity contribution in [2.24, 2.45) is 0 Å². The molecule has 2 aromatic rings. The number of nitrogens with one attached hydrogen (secondary N) is 1. The van der Waals surface area contributed by atoms with Crippen molar-refractivity contribution < 1.29 is 14.2 Å². The van der Waals surface area contributed by atoms with Crippen LogP contribution in [0, 0.1) is 0 Å². The van der Waals surface area contributed by atoms with Gasteiger partial charge >= 0.3 is 0 Å². The van der Waals surface area contributed by atoms with Gasteiger partial charge < -0.3 is 19.5 Å². The molecule has 0 heterocycles. The summed E-state index contributed by atoms with van der Waals surface area (Å²) in [6.45, 7) is 5.70. The van der Waals surface area contributed by atoms with Gasteiger partial charge in [-0.15, -0.1) is 0 Å². The largest absolute Gasteiger partial charge is 0.496 e. The highest BCUT2D eigenvalue weighted by atomic mass is 79.9. The van der Waals surface area contributed by atoms with Gasteiger partial charge in [0.05, 0.1) is 18.7 Å². The summed E-state index contributed by atoms with van der Waals surface area (Å²) in [7, 11) is 3.34. The maximum atomic E-state index is 5.65. The summed E-state index contributed by atoms with van der Waals surface area (Å²) >= 11 is 3.55. The van der Waals surface area contributed by atoms with Crippen LogP contribution in [0.15, 0.2) is 53.5 Å². The van der Waals surface area contributed by atoms with Crippen molar-refractivity contribution in [2.75, 3.05) is 27.4 Å². The van der Waals surface area contributed by atoms with Crippen LogP contribution in [0.5, 0.6) is 17.2 Å². The Balaban J connectivity index is 1.94. The van der Waals surface area contributed by atoms with Crippen molar-refractivity contribution in [3.63, 3.8) is 0 Å². The van der Waals surface area contributed by atoms with Gasteiger partial charge in [0.15, 0.2) is 11.5 Å². The molecule has 134 valence electrons. The van der Waals surface area contributed by atoms with Crippen molar-refractivity contribution in [1.29, 1.82) is 0 Å². The summed E-state index contributed by atoms with van der Waals surface area (Å²) in [6, 6.07) is 12.1. The lowest BCUT2D eigenvalue weighted by molar-refractivity contribution is 0.324. The smallest absolute Gasteiger partial charge is 0.175 e. The molecule has 1 N–H and O–H groups in total. The maximum absolute atomic E-state index is 5.65. The maximum Gasteiger partial charge on any atom is 0.175 e. The van der Waals surface area contributed by atoms with Crippen LogP contribution in [-0.2, 0) is 13.0 Å². The highest BCUT2D eigenvalue weighted by Gasteiger charge is 2.11. The zero-order valence-corrected chi connectivity index (χ0v) is 16.3. The van der Waals surface area contributed by atoms with Crippen LogP contribution in [0.4, 0.5) is 0 Å². The number of halogens is 1. The molecule has 0 saturated carbocycles. The quantitative estimate of drug-likeness (QED) is 0.470. The molecule has 0 atom stereocenters. The summed E-state index contributed by atoms with van der Waals surface area (Å²) < 4.78 is 17.3. The summed E-state index contributed by atoms with van der Waals surface area (Å²) in [5.41, 5.74) is 2.32. The van der Waals surface area contributed by atoms with E-state index in [1.165, 1.54) is 5.56 Å². The fourth-order valence-corrected chi connectivity index (χ4v) is 3.13. The van der Waals surface area contributed by atoms with Gasteiger partial charge in [-0.05, 0) is 58.2 Å². The van der Waals surface area contributed by atoms with Gasteiger partial charge in [-0.2, -0.15) is 0 Å². The van der Waals surface area contributed by atoms with Crippen molar-refractivity contribution >= 4 is 15.9 Å². The van der Waals surface area contributed by atoms with E-state index in [2.05, 4.69) is 33.9 Å². The second-order valence-electron chi connectivity index (χ2n) is 5.45. The van der Waals surface area contributed by atoms with E-state index in [1.807, 2.05) is 30.3 Å². The van der Waals surface area contributed by atoms with E-state index in [0.29, 0.717) is 18.1 Å². The Hall–Kier alpha value is -1.98. The third-order valence-corrected chi connectivity index (χ3v) is 4.32. The molecule has 4 nitrogen and oxygen atoms in total. The Bertz CT molecular complexity index is 703. The van der Waals surface area contributed by atoms with Crippen molar-refractivity contribution in [3.05, 3.63) is 64.7 Å². The number of benzene rings is 2. The SMILES string of the molecule is C=CCOc1c(Br)cc(CNCCc2ccccc2OC)cc1OC. The molecule has 0 aliphatic rings. The third-order valence-electron chi connectivity index (χ3n) is 3.73. The first-order valence-electron chi connectivity index (χ1n) is 8.12. The Labute approximate surface area is 157 Å². The van der Waals surface area contributed by atoms with E-state index in [4.69, 9.17) is 14.2 Å². The van der Waals surface area contributed by atoms with Crippen LogP contribution in [-0.4, -0.2) is 27.4 Å². The van der Waals surface area contributed by atoms with Crippen LogP contribution in [0.2, 0.25) is 0 Å². The summed E-state index contributed by atoms with van der Waals surface area (Å²) in [5.74, 6) is 2.33. The molecule has 5 heteroatoms. The number of rotatable bonds is 10. The second-order valence-corrected chi connectivity index (χ2v) is 6.30. The van der Waals surface area contributed by atoms with Gasteiger partial charge in [0.2, 0.25) is 0 Å². The zero-order chi connectivity index (χ0) is 18.1. The molecule has 2 aromatic carbocycles. The van der Waals surface area contributed by atoms with Gasteiger partial charge in [0.1, 0.15) is 12.4 Å². The highest BCUT2D eigenvalue weighted by Crippen LogP contribution is 2.36. The molecular formula is C20H24BrNO3. The molecule has 0 amide bonds. The first-order valence-corrected chi connectivity index (χ1v) is 8.91. The van der Waals surface area contributed by atoms with Gasteiger partial charge in [0.25, 0.3) is 0 Å². The minimum atomic E-state index is 0.436. The first-order chi connectivity index (χ1) is 12.2. The number of para-hydroxylation sites is 1. The highest BCUT2D eigenvalue weighted by molar-refractivity contribution is 9.10. The summed E-state index contributed by atoms with van der Waals surface area (Å²) in [6.07, 6.45) is 2.61. The molecule has 0 saturated heterocycles. The molecule has 0 bridgehead atoms. The van der Waals surface area contributed by atoms with Crippen LogP contribution < -0.4 is 19.5 Å². The number of methoxy groups -OCH3 is 2. The summed E-state index contributed by atoms with van der Waals surface area (Å²) in [4.78, 5) is 0. The average Bonchev–Trinajstić information content (AvgIpc) is 2.64. The molecular weight excluding hydrogens is 382 g/mol. The Kier molecular flexibility index (Phi) is 7.82. The third kappa shape index (κ3) is 5.51. The Morgan fingerprint density at radius 2 is 1.88 bits per heavy atom.